The fraction of sp³-hybridized carbons (Fsp3) is 0.121. The number of thiazole rings is 1. The lowest BCUT2D eigenvalue weighted by Crippen LogP contribution is -2.40. The van der Waals surface area contributed by atoms with Gasteiger partial charge in [-0.3, -0.25) is 19.5 Å². The van der Waals surface area contributed by atoms with Crippen LogP contribution in [0.3, 0.4) is 0 Å². The standard InChI is InChI=1S/C33H25N3O7S/c1-3-42-32(38)28-29(20-10-5-4-6-11-20)34-33-35(30(28)21-12-9-13-22(18-21)41-2)31(37)27(44-33)19-23-16-17-26(43-23)24-14-7-8-15-25(24)36(39)40/h4-19,30H,3H2,1-2H3/b27-19-/t30-/m0/s1. The topological polar surface area (TPSA) is 126 Å². The Bertz CT molecular complexity index is 2110. The third kappa shape index (κ3) is 5.25. The predicted molar refractivity (Wildman–Crippen MR) is 165 cm³/mol. The normalized spacial score (nSPS) is 14.6. The first kappa shape index (κ1) is 28.6. The second kappa shape index (κ2) is 12.0. The summed E-state index contributed by atoms with van der Waals surface area (Å²) in [5, 5.41) is 11.5. The van der Waals surface area contributed by atoms with Crippen LogP contribution in [0, 0.1) is 10.1 Å². The number of carbonyl (C=O) groups is 1. The van der Waals surface area contributed by atoms with Gasteiger partial charge in [-0.1, -0.05) is 65.9 Å². The van der Waals surface area contributed by atoms with E-state index >= 15 is 0 Å². The fourth-order valence-electron chi connectivity index (χ4n) is 5.11. The van der Waals surface area contributed by atoms with E-state index in [4.69, 9.17) is 18.9 Å². The number of ether oxygens (including phenoxy) is 2. The van der Waals surface area contributed by atoms with E-state index in [2.05, 4.69) is 0 Å². The lowest BCUT2D eigenvalue weighted by atomic mass is 9.93. The van der Waals surface area contributed by atoms with E-state index in [1.807, 2.05) is 36.4 Å². The SMILES string of the molecule is CCOC(=O)C1=C(c2ccccc2)N=c2s/c(=C\c3ccc(-c4ccccc4[N+](=O)[O-])o3)c(=O)n2[C@H]1c1cccc(OC)c1. The maximum absolute atomic E-state index is 14.1. The van der Waals surface area contributed by atoms with Crippen LogP contribution in [-0.4, -0.2) is 29.2 Å². The van der Waals surface area contributed by atoms with E-state index in [1.54, 1.807) is 68.6 Å². The van der Waals surface area contributed by atoms with E-state index in [9.17, 15) is 19.7 Å². The molecule has 2 aromatic heterocycles. The molecule has 0 saturated heterocycles. The molecule has 0 fully saturated rings. The molecule has 1 atom stereocenters. The van der Waals surface area contributed by atoms with Gasteiger partial charge in [0.05, 0.1) is 46.0 Å². The molecule has 0 aliphatic carbocycles. The van der Waals surface area contributed by atoms with Gasteiger partial charge >= 0.3 is 5.97 Å². The molecule has 1 aliphatic rings. The monoisotopic (exact) mass is 607 g/mol. The highest BCUT2D eigenvalue weighted by Gasteiger charge is 2.35. The average Bonchev–Trinajstić information content (AvgIpc) is 3.64. The molecule has 6 rings (SSSR count). The molecular formula is C33H25N3O7S. The third-order valence-corrected chi connectivity index (χ3v) is 8.03. The summed E-state index contributed by atoms with van der Waals surface area (Å²) in [6.45, 7) is 1.86. The van der Waals surface area contributed by atoms with Gasteiger partial charge in [-0.05, 0) is 42.8 Å². The third-order valence-electron chi connectivity index (χ3n) is 7.05. The molecule has 0 bridgehead atoms. The Hall–Kier alpha value is -5.55. The van der Waals surface area contributed by atoms with Gasteiger partial charge in [0, 0.05) is 17.7 Å². The van der Waals surface area contributed by atoms with E-state index < -0.39 is 16.9 Å². The maximum atomic E-state index is 14.1. The minimum absolute atomic E-state index is 0.0917. The van der Waals surface area contributed by atoms with Crippen molar-refractivity contribution in [1.29, 1.82) is 0 Å². The molecule has 5 aromatic rings. The van der Waals surface area contributed by atoms with Crippen molar-refractivity contribution in [2.75, 3.05) is 13.7 Å². The molecule has 1 aliphatic heterocycles. The number of carbonyl (C=O) groups excluding carboxylic acids is 1. The van der Waals surface area contributed by atoms with Gasteiger partial charge in [-0.25, -0.2) is 9.79 Å². The molecule has 11 heteroatoms. The zero-order chi connectivity index (χ0) is 30.8. The lowest BCUT2D eigenvalue weighted by molar-refractivity contribution is -0.384. The first-order valence-electron chi connectivity index (χ1n) is 13.7. The first-order valence-corrected chi connectivity index (χ1v) is 14.5. The molecule has 0 amide bonds. The van der Waals surface area contributed by atoms with Crippen molar-refractivity contribution in [3.63, 3.8) is 0 Å². The molecule has 0 saturated carbocycles. The van der Waals surface area contributed by atoms with Crippen LogP contribution in [0.25, 0.3) is 23.1 Å². The van der Waals surface area contributed by atoms with Gasteiger partial charge < -0.3 is 13.9 Å². The summed E-state index contributed by atoms with van der Waals surface area (Å²) in [7, 11) is 1.55. The van der Waals surface area contributed by atoms with E-state index in [-0.39, 0.29) is 23.4 Å². The van der Waals surface area contributed by atoms with Crippen molar-refractivity contribution in [3.05, 3.63) is 143 Å². The smallest absolute Gasteiger partial charge is 0.338 e. The second-order valence-corrected chi connectivity index (χ2v) is 10.7. The number of hydrogen-bond donors (Lipinski definition) is 0. The van der Waals surface area contributed by atoms with E-state index in [1.165, 1.54) is 10.6 Å². The zero-order valence-corrected chi connectivity index (χ0v) is 24.4. The number of aromatic nitrogens is 1. The minimum Gasteiger partial charge on any atom is -0.497 e. The Kier molecular flexibility index (Phi) is 7.78. The molecular weight excluding hydrogens is 582 g/mol. The molecule has 0 unspecified atom stereocenters. The Balaban J connectivity index is 1.57. The lowest BCUT2D eigenvalue weighted by Gasteiger charge is -2.26. The molecule has 220 valence electrons. The molecule has 0 spiro atoms. The van der Waals surface area contributed by atoms with Crippen LogP contribution >= 0.6 is 11.3 Å². The summed E-state index contributed by atoms with van der Waals surface area (Å²) in [6.07, 6.45) is 1.57. The predicted octanol–water partition coefficient (Wildman–Crippen LogP) is 5.11. The summed E-state index contributed by atoms with van der Waals surface area (Å²) in [4.78, 5) is 44.0. The average molecular weight is 608 g/mol. The number of hydrogen-bond acceptors (Lipinski definition) is 9. The van der Waals surface area contributed by atoms with Crippen LogP contribution < -0.4 is 19.6 Å². The van der Waals surface area contributed by atoms with Crippen molar-refractivity contribution in [1.82, 2.24) is 4.57 Å². The second-order valence-electron chi connectivity index (χ2n) is 9.68. The van der Waals surface area contributed by atoms with E-state index in [0.717, 1.165) is 11.3 Å². The maximum Gasteiger partial charge on any atom is 0.338 e. The summed E-state index contributed by atoms with van der Waals surface area (Å²) < 4.78 is 18.7. The van der Waals surface area contributed by atoms with Crippen molar-refractivity contribution in [2.45, 2.75) is 13.0 Å². The number of rotatable bonds is 8. The minimum atomic E-state index is -0.864. The summed E-state index contributed by atoms with van der Waals surface area (Å²) in [6, 6.07) is 25.1. The number of furan rings is 1. The summed E-state index contributed by atoms with van der Waals surface area (Å²) >= 11 is 1.15. The van der Waals surface area contributed by atoms with Crippen molar-refractivity contribution in [2.24, 2.45) is 4.99 Å². The summed E-state index contributed by atoms with van der Waals surface area (Å²) in [5.74, 6) is 0.595. The molecule has 0 radical (unpaired) electrons. The number of benzene rings is 3. The highest BCUT2D eigenvalue weighted by atomic mass is 32.1. The Morgan fingerprint density at radius 2 is 1.84 bits per heavy atom. The number of fused-ring (bicyclic) bond motifs is 1. The van der Waals surface area contributed by atoms with Gasteiger partial charge in [0.2, 0.25) is 0 Å². The molecule has 44 heavy (non-hydrogen) atoms. The van der Waals surface area contributed by atoms with Crippen LogP contribution in [0.15, 0.2) is 111 Å². The number of nitro groups is 1. The van der Waals surface area contributed by atoms with Crippen LogP contribution in [0.2, 0.25) is 0 Å². The first-order chi connectivity index (χ1) is 21.4. The molecule has 0 N–H and O–H groups in total. The largest absolute Gasteiger partial charge is 0.497 e. The quantitative estimate of drug-likeness (QED) is 0.136. The number of esters is 1. The van der Waals surface area contributed by atoms with Gasteiger partial charge in [0.15, 0.2) is 4.80 Å². The van der Waals surface area contributed by atoms with Gasteiger partial charge in [0.1, 0.15) is 17.3 Å². The van der Waals surface area contributed by atoms with Gasteiger partial charge in [-0.2, -0.15) is 0 Å². The van der Waals surface area contributed by atoms with Gasteiger partial charge in [0.25, 0.3) is 11.2 Å². The molecule has 3 aromatic carbocycles. The van der Waals surface area contributed by atoms with E-state index in [0.29, 0.717) is 49.0 Å². The van der Waals surface area contributed by atoms with Gasteiger partial charge in [-0.15, -0.1) is 0 Å². The van der Waals surface area contributed by atoms with Crippen LogP contribution in [0.1, 0.15) is 29.9 Å². The Labute approximate surface area is 254 Å². The number of nitro benzene ring substituents is 1. The van der Waals surface area contributed by atoms with Crippen LogP contribution in [0.5, 0.6) is 5.75 Å². The Morgan fingerprint density at radius 3 is 2.59 bits per heavy atom. The number of methoxy groups -OCH3 is 1. The zero-order valence-electron chi connectivity index (χ0n) is 23.6. The van der Waals surface area contributed by atoms with Crippen molar-refractivity contribution in [3.8, 4) is 17.1 Å². The Morgan fingerprint density at radius 1 is 1.07 bits per heavy atom. The number of nitrogens with zero attached hydrogens (tertiary/aromatic N) is 3. The summed E-state index contributed by atoms with van der Waals surface area (Å²) in [5.41, 5.74) is 1.80. The van der Waals surface area contributed by atoms with Crippen molar-refractivity contribution >= 4 is 34.8 Å². The highest BCUT2D eigenvalue weighted by molar-refractivity contribution is 7.07. The highest BCUT2D eigenvalue weighted by Crippen LogP contribution is 2.36. The molecule has 10 nitrogen and oxygen atoms in total. The van der Waals surface area contributed by atoms with Crippen molar-refractivity contribution < 1.29 is 23.6 Å². The fourth-order valence-corrected chi connectivity index (χ4v) is 6.09. The molecule has 3 heterocycles. The number of para-hydroxylation sites is 1. The van der Waals surface area contributed by atoms with Crippen LogP contribution in [0.4, 0.5) is 5.69 Å². The van der Waals surface area contributed by atoms with Crippen LogP contribution in [-0.2, 0) is 9.53 Å².